The van der Waals surface area contributed by atoms with Gasteiger partial charge in [-0.2, -0.15) is 0 Å². The molecule has 2 rings (SSSR count). The first-order chi connectivity index (χ1) is 11.0. The van der Waals surface area contributed by atoms with Gasteiger partial charge >= 0.3 is 5.97 Å². The van der Waals surface area contributed by atoms with Gasteiger partial charge in [-0.1, -0.05) is 15.9 Å². The van der Waals surface area contributed by atoms with Crippen LogP contribution in [0.4, 0.5) is 4.39 Å². The summed E-state index contributed by atoms with van der Waals surface area (Å²) in [5.41, 5.74) is 0.162. The molecule has 0 bridgehead atoms. The maximum Gasteiger partial charge on any atom is 0.341 e. The second-order valence-electron chi connectivity index (χ2n) is 4.58. The zero-order valence-corrected chi connectivity index (χ0v) is 13.9. The Labute approximate surface area is 141 Å². The molecule has 0 fully saturated rings. The Kier molecular flexibility index (Phi) is 5.87. The molecule has 0 N–H and O–H groups in total. The van der Waals surface area contributed by atoms with Crippen molar-refractivity contribution in [3.8, 4) is 5.75 Å². The molecule has 0 atom stereocenters. The maximum absolute atomic E-state index is 13.6. The fourth-order valence-corrected chi connectivity index (χ4v) is 2.21. The van der Waals surface area contributed by atoms with Gasteiger partial charge in [-0.25, -0.2) is 9.18 Å². The highest BCUT2D eigenvalue weighted by Gasteiger charge is 2.16. The second kappa shape index (κ2) is 7.87. The van der Waals surface area contributed by atoms with Crippen LogP contribution in [0.15, 0.2) is 46.9 Å². The monoisotopic (exact) mass is 380 g/mol. The van der Waals surface area contributed by atoms with E-state index >= 15 is 0 Å². The first kappa shape index (κ1) is 17.1. The van der Waals surface area contributed by atoms with E-state index in [-0.39, 0.29) is 11.3 Å². The number of carbonyl (C=O) groups excluding carboxylic acids is 2. The van der Waals surface area contributed by atoms with Crippen LogP contribution in [0.25, 0.3) is 0 Å². The largest absolute Gasteiger partial charge is 0.494 e. The fraction of sp³-hybridized carbons (Fsp3) is 0.176. The first-order valence-corrected chi connectivity index (χ1v) is 7.68. The zero-order valence-electron chi connectivity index (χ0n) is 12.3. The summed E-state index contributed by atoms with van der Waals surface area (Å²) in [6, 6.07) is 10.4. The Bertz CT molecular complexity index is 713. The Hall–Kier alpha value is -2.21. The van der Waals surface area contributed by atoms with Crippen LogP contribution >= 0.6 is 15.9 Å². The van der Waals surface area contributed by atoms with Crippen LogP contribution in [0.1, 0.15) is 27.6 Å². The summed E-state index contributed by atoms with van der Waals surface area (Å²) < 4.78 is 24.3. The molecule has 0 spiro atoms. The number of ketones is 1. The lowest BCUT2D eigenvalue weighted by molar-refractivity contribution is 0.0470. The quantitative estimate of drug-likeness (QED) is 0.560. The molecule has 120 valence electrons. The molecule has 0 amide bonds. The van der Waals surface area contributed by atoms with E-state index in [2.05, 4.69) is 15.9 Å². The molecule has 0 saturated carbocycles. The van der Waals surface area contributed by atoms with Gasteiger partial charge in [0.2, 0.25) is 0 Å². The van der Waals surface area contributed by atoms with Crippen LogP contribution in [0.2, 0.25) is 0 Å². The number of rotatable bonds is 6. The van der Waals surface area contributed by atoms with E-state index in [1.54, 1.807) is 24.3 Å². The van der Waals surface area contributed by atoms with Gasteiger partial charge in [-0.15, -0.1) is 0 Å². The van der Waals surface area contributed by atoms with Gasteiger partial charge in [0.25, 0.3) is 0 Å². The van der Waals surface area contributed by atoms with Gasteiger partial charge in [0, 0.05) is 10.0 Å². The number of carbonyl (C=O) groups is 2. The summed E-state index contributed by atoms with van der Waals surface area (Å²) in [5.74, 6) is -1.32. The van der Waals surface area contributed by atoms with Crippen molar-refractivity contribution in [1.29, 1.82) is 0 Å². The molecule has 0 aliphatic rings. The van der Waals surface area contributed by atoms with Crippen LogP contribution in [0.5, 0.6) is 5.75 Å². The molecule has 2 aromatic carbocycles. The predicted octanol–water partition coefficient (Wildman–Crippen LogP) is 4.03. The van der Waals surface area contributed by atoms with Crippen molar-refractivity contribution >= 4 is 27.7 Å². The topological polar surface area (TPSA) is 52.6 Å². The van der Waals surface area contributed by atoms with Gasteiger partial charge in [-0.05, 0) is 49.4 Å². The lowest BCUT2D eigenvalue weighted by atomic mass is 10.1. The highest BCUT2D eigenvalue weighted by molar-refractivity contribution is 9.10. The Morgan fingerprint density at radius 3 is 2.48 bits per heavy atom. The maximum atomic E-state index is 13.6. The molecule has 2 aromatic rings. The minimum absolute atomic E-state index is 0.223. The number of esters is 1. The summed E-state index contributed by atoms with van der Waals surface area (Å²) in [7, 11) is 0. The average molecular weight is 381 g/mol. The molecule has 0 aliphatic carbocycles. The second-order valence-corrected chi connectivity index (χ2v) is 5.50. The van der Waals surface area contributed by atoms with Gasteiger partial charge in [0.1, 0.15) is 11.6 Å². The molecule has 0 radical (unpaired) electrons. The van der Waals surface area contributed by atoms with Gasteiger partial charge in [-0.3, -0.25) is 4.79 Å². The number of hydrogen-bond donors (Lipinski definition) is 0. The molecule has 6 heteroatoms. The van der Waals surface area contributed by atoms with Crippen molar-refractivity contribution in [2.45, 2.75) is 6.92 Å². The summed E-state index contributed by atoms with van der Waals surface area (Å²) in [5, 5.41) is 0. The van der Waals surface area contributed by atoms with E-state index in [1.807, 2.05) is 6.92 Å². The van der Waals surface area contributed by atoms with E-state index in [1.165, 1.54) is 12.1 Å². The number of benzene rings is 2. The van der Waals surface area contributed by atoms with Crippen LogP contribution in [0, 0.1) is 5.82 Å². The van der Waals surface area contributed by atoms with Crippen molar-refractivity contribution in [2.75, 3.05) is 13.2 Å². The van der Waals surface area contributed by atoms with Gasteiger partial charge in [0.05, 0.1) is 12.2 Å². The Balaban J connectivity index is 1.98. The zero-order chi connectivity index (χ0) is 16.8. The van der Waals surface area contributed by atoms with E-state index in [9.17, 15) is 14.0 Å². The Morgan fingerprint density at radius 1 is 1.13 bits per heavy atom. The average Bonchev–Trinajstić information content (AvgIpc) is 2.55. The van der Waals surface area contributed by atoms with Crippen molar-refractivity contribution in [1.82, 2.24) is 0 Å². The van der Waals surface area contributed by atoms with Gasteiger partial charge in [0.15, 0.2) is 12.4 Å². The van der Waals surface area contributed by atoms with Crippen LogP contribution in [-0.4, -0.2) is 25.0 Å². The van der Waals surface area contributed by atoms with Crippen molar-refractivity contribution in [2.24, 2.45) is 0 Å². The van der Waals surface area contributed by atoms with E-state index in [0.717, 1.165) is 6.07 Å². The molecule has 0 aromatic heterocycles. The number of ether oxygens (including phenoxy) is 2. The van der Waals surface area contributed by atoms with E-state index in [4.69, 9.17) is 9.47 Å². The third kappa shape index (κ3) is 4.63. The summed E-state index contributed by atoms with van der Waals surface area (Å²) in [6.07, 6.45) is 0. The Morgan fingerprint density at radius 2 is 1.83 bits per heavy atom. The molecule has 0 heterocycles. The highest BCUT2D eigenvalue weighted by Crippen LogP contribution is 2.17. The van der Waals surface area contributed by atoms with Gasteiger partial charge < -0.3 is 9.47 Å². The SMILES string of the molecule is CCOc1ccc(C(=O)COC(=O)c2cc(Br)ccc2F)cc1. The summed E-state index contributed by atoms with van der Waals surface area (Å²) in [6.45, 7) is 1.93. The lowest BCUT2D eigenvalue weighted by Gasteiger charge is -2.07. The standard InChI is InChI=1S/C17H14BrFO4/c1-2-22-13-6-3-11(4-7-13)16(20)10-23-17(21)14-9-12(18)5-8-15(14)19/h3-9H,2,10H2,1H3. The van der Waals surface area contributed by atoms with Crippen LogP contribution in [-0.2, 0) is 4.74 Å². The number of Topliss-reactive ketones (excluding diaryl/α,β-unsaturated/α-hetero) is 1. The van der Waals surface area contributed by atoms with Crippen molar-refractivity contribution in [3.63, 3.8) is 0 Å². The third-order valence-electron chi connectivity index (χ3n) is 2.97. The van der Waals surface area contributed by atoms with Crippen LogP contribution in [0.3, 0.4) is 0 Å². The smallest absolute Gasteiger partial charge is 0.341 e. The fourth-order valence-electron chi connectivity index (χ4n) is 1.85. The molecular weight excluding hydrogens is 367 g/mol. The summed E-state index contributed by atoms with van der Waals surface area (Å²) >= 11 is 3.15. The van der Waals surface area contributed by atoms with E-state index < -0.39 is 18.4 Å². The summed E-state index contributed by atoms with van der Waals surface area (Å²) in [4.78, 5) is 23.8. The molecular formula is C17H14BrFO4. The molecule has 0 unspecified atom stereocenters. The normalized spacial score (nSPS) is 10.2. The number of halogens is 2. The minimum Gasteiger partial charge on any atom is -0.494 e. The minimum atomic E-state index is -0.886. The lowest BCUT2D eigenvalue weighted by Crippen LogP contribution is -2.15. The molecule has 0 saturated heterocycles. The molecule has 23 heavy (non-hydrogen) atoms. The molecule has 4 nitrogen and oxygen atoms in total. The van der Waals surface area contributed by atoms with E-state index in [0.29, 0.717) is 22.4 Å². The van der Waals surface area contributed by atoms with Crippen LogP contribution < -0.4 is 4.74 Å². The number of hydrogen-bond acceptors (Lipinski definition) is 4. The third-order valence-corrected chi connectivity index (χ3v) is 3.46. The first-order valence-electron chi connectivity index (χ1n) is 6.89. The van der Waals surface area contributed by atoms with Crippen molar-refractivity contribution in [3.05, 3.63) is 63.9 Å². The highest BCUT2D eigenvalue weighted by atomic mass is 79.9. The van der Waals surface area contributed by atoms with Crippen molar-refractivity contribution < 1.29 is 23.5 Å². The predicted molar refractivity (Wildman–Crippen MR) is 86.3 cm³/mol. The molecule has 0 aliphatic heterocycles.